The van der Waals surface area contributed by atoms with Gasteiger partial charge in [0.25, 0.3) is 15.8 Å². The van der Waals surface area contributed by atoms with Crippen molar-refractivity contribution in [2.45, 2.75) is 31.7 Å². The minimum Gasteiger partial charge on any atom is -0.493 e. The van der Waals surface area contributed by atoms with E-state index in [1.54, 1.807) is 0 Å². The Bertz CT molecular complexity index is 1120. The number of imidazole rings is 1. The van der Waals surface area contributed by atoms with E-state index in [0.717, 1.165) is 17.0 Å². The molecule has 1 aromatic carbocycles. The lowest BCUT2D eigenvalue weighted by molar-refractivity contribution is -0.384. The first-order valence-electron chi connectivity index (χ1n) is 9.05. The van der Waals surface area contributed by atoms with E-state index < -0.39 is 39.0 Å². The molecule has 1 amide bonds. The number of aromatic hydroxyl groups is 1. The number of hydrogen-bond donors (Lipinski definition) is 2. The maximum Gasteiger partial charge on any atom is 0.410 e. The highest BCUT2D eigenvalue weighted by atomic mass is 32.2. The molecule has 2 atom stereocenters. The average molecular weight is 456 g/mol. The number of rotatable bonds is 7. The first-order chi connectivity index (χ1) is 14.5. The van der Waals surface area contributed by atoms with E-state index in [1.165, 1.54) is 29.2 Å². The van der Waals surface area contributed by atoms with Crippen molar-refractivity contribution in [1.82, 2.24) is 14.5 Å². The van der Waals surface area contributed by atoms with Crippen molar-refractivity contribution in [3.8, 4) is 5.88 Å². The van der Waals surface area contributed by atoms with E-state index in [0.29, 0.717) is 5.56 Å². The number of carbonyl (C=O) groups is 1. The summed E-state index contributed by atoms with van der Waals surface area (Å²) < 4.78 is 34.4. The van der Waals surface area contributed by atoms with Crippen molar-refractivity contribution in [3.63, 3.8) is 0 Å². The van der Waals surface area contributed by atoms with E-state index in [4.69, 9.17) is 8.92 Å². The lowest BCUT2D eigenvalue weighted by Crippen LogP contribution is -2.40. The van der Waals surface area contributed by atoms with Crippen LogP contribution in [0.5, 0.6) is 5.88 Å². The summed E-state index contributed by atoms with van der Waals surface area (Å²) in [5, 5.41) is 20.1. The van der Waals surface area contributed by atoms with Gasteiger partial charge in [-0.1, -0.05) is 0 Å². The standard InChI is InChI=1S/C17H20N4O9S/c1-31(27,28)30-14-6-13(7-19-9-15(22)18-16(19)23)20(8-14)17(24)29-10-11-2-4-12(5-3-11)21(25)26/h2-5,9,13-14,22H,6-8,10H2,1H3,(H,18,23)/t13-,14+/m0/s1. The van der Waals surface area contributed by atoms with Crippen molar-refractivity contribution in [3.05, 3.63) is 56.6 Å². The molecule has 0 aliphatic carbocycles. The second kappa shape index (κ2) is 8.77. The molecule has 14 heteroatoms. The molecule has 1 fully saturated rings. The Morgan fingerprint density at radius 3 is 2.58 bits per heavy atom. The minimum absolute atomic E-state index is 0.0217. The Labute approximate surface area is 176 Å². The molecular formula is C17H20N4O9S. The number of aromatic nitrogens is 2. The number of nitro groups is 1. The molecule has 1 aromatic heterocycles. The van der Waals surface area contributed by atoms with Gasteiger partial charge in [-0.3, -0.25) is 23.8 Å². The van der Waals surface area contributed by atoms with Gasteiger partial charge in [-0.2, -0.15) is 8.42 Å². The molecule has 0 radical (unpaired) electrons. The topological polar surface area (TPSA) is 174 Å². The van der Waals surface area contributed by atoms with E-state index in [2.05, 4.69) is 4.98 Å². The van der Waals surface area contributed by atoms with Crippen LogP contribution in [0.1, 0.15) is 12.0 Å². The number of aromatic amines is 1. The highest BCUT2D eigenvalue weighted by Crippen LogP contribution is 2.24. The highest BCUT2D eigenvalue weighted by molar-refractivity contribution is 7.86. The zero-order chi connectivity index (χ0) is 22.8. The molecule has 0 unspecified atom stereocenters. The number of likely N-dealkylation sites (tertiary alicyclic amines) is 1. The first kappa shape index (κ1) is 22.3. The van der Waals surface area contributed by atoms with Gasteiger partial charge in [0.2, 0.25) is 5.88 Å². The number of ether oxygens (including phenoxy) is 1. The number of benzene rings is 1. The summed E-state index contributed by atoms with van der Waals surface area (Å²) in [6.45, 7) is -0.267. The molecule has 0 bridgehead atoms. The van der Waals surface area contributed by atoms with Crippen molar-refractivity contribution in [1.29, 1.82) is 0 Å². The molecule has 1 aliphatic heterocycles. The van der Waals surface area contributed by atoms with Gasteiger partial charge in [-0.25, -0.2) is 9.59 Å². The lowest BCUT2D eigenvalue weighted by atomic mass is 10.2. The SMILES string of the molecule is CS(=O)(=O)O[C@@H]1C[C@@H](Cn2cc(O)[nH]c2=O)N(C(=O)OCc2ccc([N+](=O)[O-])cc2)C1. The number of H-pyrrole nitrogens is 1. The van der Waals surface area contributed by atoms with E-state index in [-0.39, 0.29) is 37.7 Å². The maximum absolute atomic E-state index is 12.6. The Hall–Kier alpha value is -3.39. The van der Waals surface area contributed by atoms with Crippen LogP contribution in [-0.4, -0.2) is 63.9 Å². The quantitative estimate of drug-likeness (QED) is 0.342. The van der Waals surface area contributed by atoms with Crippen LogP contribution in [0.2, 0.25) is 0 Å². The first-order valence-corrected chi connectivity index (χ1v) is 10.9. The Morgan fingerprint density at radius 2 is 2.03 bits per heavy atom. The summed E-state index contributed by atoms with van der Waals surface area (Å²) in [6, 6.07) is 4.82. The molecule has 2 N–H and O–H groups in total. The van der Waals surface area contributed by atoms with Gasteiger partial charge in [-0.05, 0) is 24.1 Å². The predicted molar refractivity (Wildman–Crippen MR) is 105 cm³/mol. The molecule has 13 nitrogen and oxygen atoms in total. The summed E-state index contributed by atoms with van der Waals surface area (Å²) in [6.07, 6.45) is 0.587. The van der Waals surface area contributed by atoms with Gasteiger partial charge in [0.05, 0.1) is 36.1 Å². The van der Waals surface area contributed by atoms with Crippen LogP contribution in [0.3, 0.4) is 0 Å². The predicted octanol–water partition coefficient (Wildman–Crippen LogP) is 0.546. The molecule has 2 aromatic rings. The number of nitrogens with one attached hydrogen (secondary N) is 1. The number of non-ortho nitro benzene ring substituents is 1. The van der Waals surface area contributed by atoms with E-state index in [9.17, 15) is 33.2 Å². The van der Waals surface area contributed by atoms with Crippen LogP contribution in [-0.2, 0) is 32.2 Å². The van der Waals surface area contributed by atoms with E-state index in [1.807, 2.05) is 0 Å². The van der Waals surface area contributed by atoms with Gasteiger partial charge in [0.1, 0.15) is 6.61 Å². The number of amides is 1. The molecule has 0 saturated carbocycles. The number of nitrogens with zero attached hydrogens (tertiary/aromatic N) is 3. The van der Waals surface area contributed by atoms with Crippen LogP contribution in [0, 0.1) is 10.1 Å². The fourth-order valence-electron chi connectivity index (χ4n) is 3.31. The van der Waals surface area contributed by atoms with Crippen LogP contribution >= 0.6 is 0 Å². The third kappa shape index (κ3) is 5.82. The van der Waals surface area contributed by atoms with Gasteiger partial charge < -0.3 is 14.7 Å². The molecule has 3 rings (SSSR count). The molecular weight excluding hydrogens is 436 g/mol. The van der Waals surface area contributed by atoms with Gasteiger partial charge >= 0.3 is 11.8 Å². The maximum atomic E-state index is 12.6. The number of hydrogen-bond acceptors (Lipinski definition) is 9. The zero-order valence-electron chi connectivity index (χ0n) is 16.3. The molecule has 2 heterocycles. The fraction of sp³-hybridized carbons (Fsp3) is 0.412. The minimum atomic E-state index is -3.77. The third-order valence-corrected chi connectivity index (χ3v) is 5.23. The summed E-state index contributed by atoms with van der Waals surface area (Å²) in [5.41, 5.74) is -0.176. The van der Waals surface area contributed by atoms with Crippen molar-refractivity contribution >= 4 is 21.9 Å². The lowest BCUT2D eigenvalue weighted by Gasteiger charge is -2.23. The van der Waals surface area contributed by atoms with Crippen LogP contribution in [0.25, 0.3) is 0 Å². The normalized spacial score (nSPS) is 18.8. The van der Waals surface area contributed by atoms with Crippen LogP contribution < -0.4 is 5.69 Å². The van der Waals surface area contributed by atoms with Crippen molar-refractivity contribution < 1.29 is 32.2 Å². The Balaban J connectivity index is 1.70. The Kier molecular flexibility index (Phi) is 6.31. The summed E-state index contributed by atoms with van der Waals surface area (Å²) in [4.78, 5) is 38.1. The molecule has 168 valence electrons. The molecule has 1 saturated heterocycles. The fourth-order valence-corrected chi connectivity index (χ4v) is 3.95. The second-order valence-electron chi connectivity index (χ2n) is 7.04. The van der Waals surface area contributed by atoms with Gasteiger partial charge in [0.15, 0.2) is 0 Å². The van der Waals surface area contributed by atoms with Crippen molar-refractivity contribution in [2.24, 2.45) is 0 Å². The van der Waals surface area contributed by atoms with Crippen molar-refractivity contribution in [2.75, 3.05) is 12.8 Å². The largest absolute Gasteiger partial charge is 0.493 e. The van der Waals surface area contributed by atoms with E-state index >= 15 is 0 Å². The molecule has 0 spiro atoms. The highest BCUT2D eigenvalue weighted by Gasteiger charge is 2.38. The monoisotopic (exact) mass is 456 g/mol. The second-order valence-corrected chi connectivity index (χ2v) is 8.64. The average Bonchev–Trinajstić information content (AvgIpc) is 3.20. The van der Waals surface area contributed by atoms with Gasteiger partial charge in [-0.15, -0.1) is 0 Å². The summed E-state index contributed by atoms with van der Waals surface area (Å²) in [5.74, 6) is -0.348. The number of nitro benzene ring substituents is 1. The zero-order valence-corrected chi connectivity index (χ0v) is 17.1. The van der Waals surface area contributed by atoms with Crippen LogP contribution in [0.4, 0.5) is 10.5 Å². The third-order valence-electron chi connectivity index (χ3n) is 4.61. The van der Waals surface area contributed by atoms with Gasteiger partial charge in [0, 0.05) is 18.7 Å². The summed E-state index contributed by atoms with van der Waals surface area (Å²) >= 11 is 0. The Morgan fingerprint density at radius 1 is 1.35 bits per heavy atom. The summed E-state index contributed by atoms with van der Waals surface area (Å²) in [7, 11) is -3.77. The molecule has 1 aliphatic rings. The molecule has 31 heavy (non-hydrogen) atoms. The van der Waals surface area contributed by atoms with Crippen LogP contribution in [0.15, 0.2) is 35.3 Å². The number of carbonyl (C=O) groups excluding carboxylic acids is 1. The smallest absolute Gasteiger partial charge is 0.410 e.